The Hall–Kier alpha value is -1.25. The second-order valence-corrected chi connectivity index (χ2v) is 5.00. The molecule has 3 nitrogen and oxygen atoms in total. The van der Waals surface area contributed by atoms with E-state index in [1.807, 2.05) is 19.2 Å². The zero-order valence-corrected chi connectivity index (χ0v) is 11.3. The van der Waals surface area contributed by atoms with Crippen LogP contribution < -0.4 is 10.1 Å². The number of nitrogens with zero attached hydrogens (tertiary/aromatic N) is 1. The lowest BCUT2D eigenvalue weighted by atomic mass is 9.96. The normalized spacial score (nSPS) is 17.8. The number of hydrogen-bond acceptors (Lipinski definition) is 3. The number of ether oxygens (including phenoxy) is 1. The van der Waals surface area contributed by atoms with E-state index in [2.05, 4.69) is 16.4 Å². The first-order chi connectivity index (χ1) is 8.88. The van der Waals surface area contributed by atoms with Crippen LogP contribution in [-0.4, -0.2) is 17.6 Å². The summed E-state index contributed by atoms with van der Waals surface area (Å²) >= 11 is 0. The van der Waals surface area contributed by atoms with Gasteiger partial charge < -0.3 is 10.1 Å². The highest BCUT2D eigenvalue weighted by molar-refractivity contribution is 5.42. The predicted octanol–water partition coefficient (Wildman–Crippen LogP) is 4.01. The van der Waals surface area contributed by atoms with E-state index in [0.29, 0.717) is 18.5 Å². The second kappa shape index (κ2) is 7.24. The maximum absolute atomic E-state index is 5.35. The van der Waals surface area contributed by atoms with Crippen molar-refractivity contribution in [3.8, 4) is 5.88 Å². The third-order valence-corrected chi connectivity index (χ3v) is 3.50. The van der Waals surface area contributed by atoms with E-state index < -0.39 is 0 Å². The molecule has 0 aliphatic heterocycles. The highest BCUT2D eigenvalue weighted by Gasteiger charge is 2.11. The largest absolute Gasteiger partial charge is 0.478 e. The van der Waals surface area contributed by atoms with Crippen molar-refractivity contribution in [2.75, 3.05) is 11.9 Å². The maximum atomic E-state index is 5.35. The van der Waals surface area contributed by atoms with E-state index >= 15 is 0 Å². The van der Waals surface area contributed by atoms with Crippen LogP contribution in [0, 0.1) is 0 Å². The molecular formula is C15H24N2O. The van der Waals surface area contributed by atoms with Gasteiger partial charge in [-0.15, -0.1) is 0 Å². The van der Waals surface area contributed by atoms with Crippen molar-refractivity contribution in [2.24, 2.45) is 0 Å². The molecular weight excluding hydrogens is 224 g/mol. The Morgan fingerprint density at radius 2 is 1.89 bits per heavy atom. The summed E-state index contributed by atoms with van der Waals surface area (Å²) in [6, 6.07) is 4.62. The van der Waals surface area contributed by atoms with Crippen LogP contribution in [0.4, 0.5) is 5.69 Å². The fourth-order valence-corrected chi connectivity index (χ4v) is 2.54. The second-order valence-electron chi connectivity index (χ2n) is 5.00. The van der Waals surface area contributed by atoms with Gasteiger partial charge in [0, 0.05) is 12.1 Å². The van der Waals surface area contributed by atoms with Crippen LogP contribution in [0.15, 0.2) is 18.3 Å². The monoisotopic (exact) mass is 248 g/mol. The van der Waals surface area contributed by atoms with Gasteiger partial charge in [-0.1, -0.05) is 32.1 Å². The predicted molar refractivity (Wildman–Crippen MR) is 75.1 cm³/mol. The fraction of sp³-hybridized carbons (Fsp3) is 0.667. The zero-order valence-electron chi connectivity index (χ0n) is 11.3. The van der Waals surface area contributed by atoms with Gasteiger partial charge >= 0.3 is 0 Å². The van der Waals surface area contributed by atoms with Gasteiger partial charge in [-0.3, -0.25) is 0 Å². The van der Waals surface area contributed by atoms with Crippen molar-refractivity contribution < 1.29 is 4.74 Å². The molecule has 18 heavy (non-hydrogen) atoms. The van der Waals surface area contributed by atoms with Crippen molar-refractivity contribution >= 4 is 5.69 Å². The van der Waals surface area contributed by atoms with Gasteiger partial charge in [-0.05, 0) is 25.8 Å². The summed E-state index contributed by atoms with van der Waals surface area (Å²) in [5, 5.41) is 3.60. The third-order valence-electron chi connectivity index (χ3n) is 3.50. The van der Waals surface area contributed by atoms with Crippen LogP contribution in [-0.2, 0) is 0 Å². The van der Waals surface area contributed by atoms with Gasteiger partial charge in [-0.25, -0.2) is 4.98 Å². The Labute approximate surface area is 110 Å². The summed E-state index contributed by atoms with van der Waals surface area (Å²) in [4.78, 5) is 4.29. The van der Waals surface area contributed by atoms with Gasteiger partial charge in [0.1, 0.15) is 0 Å². The lowest BCUT2D eigenvalue weighted by Gasteiger charge is -2.22. The van der Waals surface area contributed by atoms with E-state index in [9.17, 15) is 0 Å². The van der Waals surface area contributed by atoms with Gasteiger partial charge in [-0.2, -0.15) is 0 Å². The molecule has 0 aromatic carbocycles. The quantitative estimate of drug-likeness (QED) is 0.874. The lowest BCUT2D eigenvalue weighted by molar-refractivity contribution is 0.327. The number of aromatic nitrogens is 1. The minimum atomic E-state index is 0.616. The minimum absolute atomic E-state index is 0.616. The van der Waals surface area contributed by atoms with E-state index in [0.717, 1.165) is 5.69 Å². The molecule has 0 unspecified atom stereocenters. The number of rotatable bonds is 4. The first-order valence-electron chi connectivity index (χ1n) is 7.24. The standard InChI is InChI=1S/C15H24N2O/c1-2-18-15-11-10-14(12-16-15)17-13-8-6-4-3-5-7-9-13/h10-13,17H,2-9H2,1H3. The van der Waals surface area contributed by atoms with Crippen molar-refractivity contribution in [1.82, 2.24) is 4.98 Å². The lowest BCUT2D eigenvalue weighted by Crippen LogP contribution is -2.20. The summed E-state index contributed by atoms with van der Waals surface area (Å²) in [5.74, 6) is 0.709. The van der Waals surface area contributed by atoms with E-state index in [1.165, 1.54) is 44.9 Å². The molecule has 1 N–H and O–H groups in total. The number of nitrogens with one attached hydrogen (secondary N) is 1. The molecule has 1 aromatic heterocycles. The Morgan fingerprint density at radius 3 is 2.50 bits per heavy atom. The molecule has 1 saturated carbocycles. The molecule has 1 heterocycles. The molecule has 1 aliphatic carbocycles. The number of anilines is 1. The molecule has 0 atom stereocenters. The molecule has 0 bridgehead atoms. The van der Waals surface area contributed by atoms with Crippen LogP contribution in [0.3, 0.4) is 0 Å². The third kappa shape index (κ3) is 4.21. The van der Waals surface area contributed by atoms with Crippen molar-refractivity contribution in [3.05, 3.63) is 18.3 Å². The number of pyridine rings is 1. The van der Waals surface area contributed by atoms with E-state index in [-0.39, 0.29) is 0 Å². The summed E-state index contributed by atoms with van der Waals surface area (Å²) in [6.45, 7) is 2.64. The molecule has 0 amide bonds. The van der Waals surface area contributed by atoms with Crippen molar-refractivity contribution in [2.45, 2.75) is 57.9 Å². The Kier molecular flexibility index (Phi) is 5.31. The van der Waals surface area contributed by atoms with Crippen LogP contribution in [0.5, 0.6) is 5.88 Å². The highest BCUT2D eigenvalue weighted by atomic mass is 16.5. The topological polar surface area (TPSA) is 34.1 Å². The molecule has 100 valence electrons. The molecule has 1 fully saturated rings. The van der Waals surface area contributed by atoms with Gasteiger partial charge in [0.25, 0.3) is 0 Å². The molecule has 1 aliphatic rings. The van der Waals surface area contributed by atoms with E-state index in [1.54, 1.807) is 0 Å². The summed E-state index contributed by atoms with van der Waals surface area (Å²) in [6.07, 6.45) is 11.3. The first-order valence-corrected chi connectivity index (χ1v) is 7.24. The van der Waals surface area contributed by atoms with Gasteiger partial charge in [0.05, 0.1) is 18.5 Å². The first kappa shape index (κ1) is 13.2. The number of hydrogen-bond donors (Lipinski definition) is 1. The SMILES string of the molecule is CCOc1ccc(NC2CCCCCCC2)cn1. The van der Waals surface area contributed by atoms with Crippen LogP contribution in [0.25, 0.3) is 0 Å². The van der Waals surface area contributed by atoms with Crippen LogP contribution in [0.2, 0.25) is 0 Å². The highest BCUT2D eigenvalue weighted by Crippen LogP contribution is 2.21. The molecule has 0 spiro atoms. The van der Waals surface area contributed by atoms with Crippen LogP contribution in [0.1, 0.15) is 51.9 Å². The van der Waals surface area contributed by atoms with E-state index in [4.69, 9.17) is 4.74 Å². The summed E-state index contributed by atoms with van der Waals surface area (Å²) in [7, 11) is 0. The smallest absolute Gasteiger partial charge is 0.213 e. The summed E-state index contributed by atoms with van der Waals surface area (Å²) in [5.41, 5.74) is 1.11. The Balaban J connectivity index is 1.86. The minimum Gasteiger partial charge on any atom is -0.478 e. The van der Waals surface area contributed by atoms with Crippen molar-refractivity contribution in [1.29, 1.82) is 0 Å². The average Bonchev–Trinajstić information content (AvgIpc) is 2.35. The summed E-state index contributed by atoms with van der Waals surface area (Å²) < 4.78 is 5.35. The molecule has 0 saturated heterocycles. The van der Waals surface area contributed by atoms with Crippen molar-refractivity contribution in [3.63, 3.8) is 0 Å². The average molecular weight is 248 g/mol. The van der Waals surface area contributed by atoms with Crippen LogP contribution >= 0.6 is 0 Å². The molecule has 2 rings (SSSR count). The van der Waals surface area contributed by atoms with Gasteiger partial charge in [0.15, 0.2) is 0 Å². The Morgan fingerprint density at radius 1 is 1.17 bits per heavy atom. The fourth-order valence-electron chi connectivity index (χ4n) is 2.54. The molecule has 1 aromatic rings. The zero-order chi connectivity index (χ0) is 12.6. The maximum Gasteiger partial charge on any atom is 0.213 e. The molecule has 0 radical (unpaired) electrons. The Bertz CT molecular complexity index is 329. The van der Waals surface area contributed by atoms with Gasteiger partial charge in [0.2, 0.25) is 5.88 Å². The molecule has 3 heteroatoms.